The minimum absolute atomic E-state index is 0.106. The molecular formula is C16H29N3O. The third kappa shape index (κ3) is 2.73. The fourth-order valence-electron chi connectivity index (χ4n) is 4.64. The number of nitrogens with one attached hydrogen (secondary N) is 1. The van der Waals surface area contributed by atoms with E-state index in [1.807, 2.05) is 14.0 Å². The lowest BCUT2D eigenvalue weighted by molar-refractivity contribution is -0.137. The molecule has 0 spiro atoms. The zero-order valence-corrected chi connectivity index (χ0v) is 13.0. The van der Waals surface area contributed by atoms with Gasteiger partial charge in [-0.25, -0.2) is 0 Å². The van der Waals surface area contributed by atoms with Crippen molar-refractivity contribution in [2.24, 2.45) is 17.8 Å². The van der Waals surface area contributed by atoms with Crippen LogP contribution in [0.1, 0.15) is 32.6 Å². The van der Waals surface area contributed by atoms with Crippen LogP contribution in [0.15, 0.2) is 0 Å². The third-order valence-corrected chi connectivity index (χ3v) is 5.73. The minimum Gasteiger partial charge on any atom is -0.340 e. The van der Waals surface area contributed by atoms with Gasteiger partial charge in [0.1, 0.15) is 0 Å². The predicted molar refractivity (Wildman–Crippen MR) is 80.5 cm³/mol. The summed E-state index contributed by atoms with van der Waals surface area (Å²) in [5, 5.41) is 3.10. The zero-order chi connectivity index (χ0) is 14.1. The van der Waals surface area contributed by atoms with Crippen LogP contribution in [0.5, 0.6) is 0 Å². The lowest BCUT2D eigenvalue weighted by Crippen LogP contribution is -2.54. The maximum Gasteiger partial charge on any atom is 0.226 e. The van der Waals surface area contributed by atoms with Gasteiger partial charge in [0, 0.05) is 44.7 Å². The normalized spacial score (nSPS) is 35.5. The zero-order valence-electron chi connectivity index (χ0n) is 13.0. The van der Waals surface area contributed by atoms with E-state index >= 15 is 0 Å². The number of hydrogen-bond acceptors (Lipinski definition) is 3. The molecule has 0 aromatic carbocycles. The fourth-order valence-corrected chi connectivity index (χ4v) is 4.64. The van der Waals surface area contributed by atoms with E-state index in [-0.39, 0.29) is 5.92 Å². The topological polar surface area (TPSA) is 35.6 Å². The summed E-state index contributed by atoms with van der Waals surface area (Å²) >= 11 is 0. The van der Waals surface area contributed by atoms with E-state index in [2.05, 4.69) is 15.1 Å². The summed E-state index contributed by atoms with van der Waals surface area (Å²) in [6.07, 6.45) is 5.83. The lowest BCUT2D eigenvalue weighted by Gasteiger charge is -2.41. The Morgan fingerprint density at radius 3 is 2.50 bits per heavy atom. The molecule has 1 N–H and O–H groups in total. The molecule has 1 aliphatic heterocycles. The largest absolute Gasteiger partial charge is 0.340 e. The number of hydrogen-bond donors (Lipinski definition) is 1. The van der Waals surface area contributed by atoms with Crippen LogP contribution in [0.3, 0.4) is 0 Å². The summed E-state index contributed by atoms with van der Waals surface area (Å²) in [4.78, 5) is 17.1. The molecule has 1 amide bonds. The average Bonchev–Trinajstić information content (AvgIpc) is 3.09. The van der Waals surface area contributed by atoms with Crippen molar-refractivity contribution in [1.82, 2.24) is 15.1 Å². The Kier molecular flexibility index (Phi) is 4.32. The van der Waals surface area contributed by atoms with E-state index in [9.17, 15) is 4.79 Å². The molecule has 4 atom stereocenters. The Balaban J connectivity index is 1.48. The van der Waals surface area contributed by atoms with E-state index < -0.39 is 0 Å². The number of piperazine rings is 1. The molecule has 4 nitrogen and oxygen atoms in total. The molecule has 2 bridgehead atoms. The molecule has 3 aliphatic rings. The molecule has 114 valence electrons. The highest BCUT2D eigenvalue weighted by molar-refractivity contribution is 5.78. The van der Waals surface area contributed by atoms with E-state index in [0.29, 0.717) is 5.91 Å². The lowest BCUT2D eigenvalue weighted by atomic mass is 9.93. The predicted octanol–water partition coefficient (Wildman–Crippen LogP) is 1.17. The van der Waals surface area contributed by atoms with Crippen molar-refractivity contribution < 1.29 is 4.79 Å². The van der Waals surface area contributed by atoms with Gasteiger partial charge in [-0.2, -0.15) is 0 Å². The molecular weight excluding hydrogens is 250 g/mol. The highest BCUT2D eigenvalue weighted by Gasteiger charge is 2.43. The van der Waals surface area contributed by atoms with E-state index in [1.54, 1.807) is 0 Å². The average molecular weight is 279 g/mol. The summed E-state index contributed by atoms with van der Waals surface area (Å²) in [6, 6.07) is 0.834. The number of carbonyl (C=O) groups is 1. The standard InChI is InChI=1S/C16H29N3O/c1-12(11-17-2)16(20)19-7-5-18(6-8-19)15-10-13-3-4-14(15)9-13/h12-15,17H,3-11H2,1-2H3. The number of fused-ring (bicyclic) bond motifs is 2. The molecule has 0 aromatic heterocycles. The Bertz CT molecular complexity index is 352. The molecule has 4 heteroatoms. The maximum absolute atomic E-state index is 12.3. The van der Waals surface area contributed by atoms with E-state index in [1.165, 1.54) is 25.7 Å². The first-order valence-corrected chi connectivity index (χ1v) is 8.36. The SMILES string of the molecule is CNCC(C)C(=O)N1CCN(C2CC3CCC2C3)CC1. The molecule has 1 heterocycles. The van der Waals surface area contributed by atoms with E-state index in [4.69, 9.17) is 0 Å². The van der Waals surface area contributed by atoms with Gasteiger partial charge in [0.25, 0.3) is 0 Å². The van der Waals surface area contributed by atoms with Crippen LogP contribution in [0, 0.1) is 17.8 Å². The summed E-state index contributed by atoms with van der Waals surface area (Å²) in [5.74, 6) is 2.41. The van der Waals surface area contributed by atoms with Gasteiger partial charge < -0.3 is 10.2 Å². The smallest absolute Gasteiger partial charge is 0.226 e. The van der Waals surface area contributed by atoms with Crippen LogP contribution in [-0.4, -0.2) is 61.5 Å². The van der Waals surface area contributed by atoms with Gasteiger partial charge in [0.05, 0.1) is 0 Å². The molecule has 0 radical (unpaired) electrons. The number of amides is 1. The van der Waals surface area contributed by atoms with Gasteiger partial charge in [0.15, 0.2) is 0 Å². The van der Waals surface area contributed by atoms with Gasteiger partial charge in [0.2, 0.25) is 5.91 Å². The van der Waals surface area contributed by atoms with Crippen molar-refractivity contribution in [1.29, 1.82) is 0 Å². The molecule has 3 rings (SSSR count). The Morgan fingerprint density at radius 1 is 1.20 bits per heavy atom. The first kappa shape index (κ1) is 14.3. The third-order valence-electron chi connectivity index (χ3n) is 5.73. The maximum atomic E-state index is 12.3. The minimum atomic E-state index is 0.106. The van der Waals surface area contributed by atoms with Crippen LogP contribution in [-0.2, 0) is 4.79 Å². The van der Waals surface area contributed by atoms with Gasteiger partial charge >= 0.3 is 0 Å². The Morgan fingerprint density at radius 2 is 1.95 bits per heavy atom. The molecule has 2 saturated carbocycles. The van der Waals surface area contributed by atoms with Crippen molar-refractivity contribution in [3.8, 4) is 0 Å². The van der Waals surface area contributed by atoms with Crippen molar-refractivity contribution in [3.63, 3.8) is 0 Å². The highest BCUT2D eigenvalue weighted by atomic mass is 16.2. The van der Waals surface area contributed by atoms with E-state index in [0.717, 1.165) is 50.6 Å². The van der Waals surface area contributed by atoms with Gasteiger partial charge in [-0.15, -0.1) is 0 Å². The number of carbonyl (C=O) groups excluding carboxylic acids is 1. The van der Waals surface area contributed by atoms with Crippen molar-refractivity contribution in [2.45, 2.75) is 38.6 Å². The summed E-state index contributed by atoms with van der Waals surface area (Å²) in [5.41, 5.74) is 0. The van der Waals surface area contributed by atoms with Crippen molar-refractivity contribution in [3.05, 3.63) is 0 Å². The van der Waals surface area contributed by atoms with Gasteiger partial charge in [-0.3, -0.25) is 9.69 Å². The van der Waals surface area contributed by atoms with Crippen molar-refractivity contribution in [2.75, 3.05) is 39.8 Å². The Hall–Kier alpha value is -0.610. The first-order chi connectivity index (χ1) is 9.69. The number of rotatable bonds is 4. The van der Waals surface area contributed by atoms with Crippen LogP contribution in [0.4, 0.5) is 0 Å². The summed E-state index contributed by atoms with van der Waals surface area (Å²) in [6.45, 7) is 6.85. The quantitative estimate of drug-likeness (QED) is 0.839. The molecule has 2 aliphatic carbocycles. The number of nitrogens with zero attached hydrogens (tertiary/aromatic N) is 2. The second-order valence-corrected chi connectivity index (χ2v) is 7.06. The van der Waals surface area contributed by atoms with Gasteiger partial charge in [-0.05, 0) is 38.1 Å². The monoisotopic (exact) mass is 279 g/mol. The fraction of sp³-hybridized carbons (Fsp3) is 0.938. The second-order valence-electron chi connectivity index (χ2n) is 7.06. The Labute approximate surface area is 122 Å². The van der Waals surface area contributed by atoms with Crippen LogP contribution < -0.4 is 5.32 Å². The molecule has 1 saturated heterocycles. The molecule has 3 fully saturated rings. The first-order valence-electron chi connectivity index (χ1n) is 8.36. The second kappa shape index (κ2) is 6.02. The summed E-state index contributed by atoms with van der Waals surface area (Å²) in [7, 11) is 1.91. The highest BCUT2D eigenvalue weighted by Crippen LogP contribution is 2.46. The van der Waals surface area contributed by atoms with Gasteiger partial charge in [-0.1, -0.05) is 13.3 Å². The van der Waals surface area contributed by atoms with Crippen LogP contribution in [0.2, 0.25) is 0 Å². The molecule has 20 heavy (non-hydrogen) atoms. The molecule has 4 unspecified atom stereocenters. The van der Waals surface area contributed by atoms with Crippen molar-refractivity contribution >= 4 is 5.91 Å². The summed E-state index contributed by atoms with van der Waals surface area (Å²) < 4.78 is 0. The molecule has 0 aromatic rings. The van der Waals surface area contributed by atoms with Crippen LogP contribution >= 0.6 is 0 Å². The van der Waals surface area contributed by atoms with Crippen LogP contribution in [0.25, 0.3) is 0 Å².